The summed E-state index contributed by atoms with van der Waals surface area (Å²) < 4.78 is 70.7. The number of fused-ring (bicyclic) bond motifs is 1. The molecule has 4 heterocycles. The lowest BCUT2D eigenvalue weighted by molar-refractivity contribution is -0.193. The van der Waals surface area contributed by atoms with Crippen molar-refractivity contribution >= 4 is 17.9 Å². The van der Waals surface area contributed by atoms with E-state index in [0.29, 0.717) is 6.54 Å². The molecule has 40 heavy (non-hydrogen) atoms. The van der Waals surface area contributed by atoms with Gasteiger partial charge in [-0.15, -0.1) is 0 Å². The first-order valence-electron chi connectivity index (χ1n) is 11.7. The molecule has 0 amide bonds. The molecule has 2 aromatic heterocycles. The lowest BCUT2D eigenvalue weighted by Crippen LogP contribution is -2.41. The van der Waals surface area contributed by atoms with Crippen LogP contribution in [0.5, 0.6) is 0 Å². The van der Waals surface area contributed by atoms with E-state index in [9.17, 15) is 36.2 Å². The van der Waals surface area contributed by atoms with E-state index in [2.05, 4.69) is 14.8 Å². The predicted molar refractivity (Wildman–Crippen MR) is 123 cm³/mol. The number of hydrogen-bond acceptors (Lipinski definition) is 7. The maximum atomic E-state index is 12.3. The fraction of sp³-hybridized carbons (Fsp3) is 0.565. The Bertz CT molecular complexity index is 1110. The van der Waals surface area contributed by atoms with E-state index in [0.717, 1.165) is 57.0 Å². The number of aliphatic carboxylic acids is 3. The van der Waals surface area contributed by atoms with Crippen LogP contribution < -0.4 is 0 Å². The quantitative estimate of drug-likeness (QED) is 0.446. The summed E-state index contributed by atoms with van der Waals surface area (Å²) in [4.78, 5) is 39.1. The van der Waals surface area contributed by atoms with Gasteiger partial charge in [0.15, 0.2) is 0 Å². The van der Waals surface area contributed by atoms with Crippen molar-refractivity contribution in [3.63, 3.8) is 0 Å². The second kappa shape index (κ2) is 13.2. The molecule has 11 nitrogen and oxygen atoms in total. The van der Waals surface area contributed by atoms with Gasteiger partial charge >= 0.3 is 30.3 Å². The molecule has 0 aliphatic carbocycles. The fourth-order valence-electron chi connectivity index (χ4n) is 4.62. The van der Waals surface area contributed by atoms with Gasteiger partial charge in [0, 0.05) is 57.1 Å². The molecule has 3 N–H and O–H groups in total. The number of nitrogens with zero attached hydrogens (tertiary/aromatic N) is 4. The van der Waals surface area contributed by atoms with Gasteiger partial charge in [0.2, 0.25) is 0 Å². The normalized spacial score (nSPS) is 21.7. The van der Waals surface area contributed by atoms with Gasteiger partial charge in [0.25, 0.3) is 0 Å². The first kappa shape index (κ1) is 32.6. The molecule has 0 unspecified atom stereocenters. The van der Waals surface area contributed by atoms with Crippen LogP contribution in [0.25, 0.3) is 0 Å². The van der Waals surface area contributed by atoms with E-state index in [1.54, 1.807) is 12.5 Å². The van der Waals surface area contributed by atoms with Crippen LogP contribution in [-0.2, 0) is 34.5 Å². The summed E-state index contributed by atoms with van der Waals surface area (Å²) in [6, 6.07) is 1.95. The van der Waals surface area contributed by atoms with Gasteiger partial charge in [-0.1, -0.05) is 0 Å². The Morgan fingerprint density at radius 3 is 2.05 bits per heavy atom. The van der Waals surface area contributed by atoms with Crippen molar-refractivity contribution in [1.82, 2.24) is 19.4 Å². The standard InChI is InChI=1S/C19H26N4O3.2C2HF3O2/c1-21-7-5-20-17(21)12-22-6-2-4-19(18(24)25)14-23(11-16(19)10-22)9-15-3-8-26-13-15;2*3-2(4,5)1(6)7/h3,5,7-8,13,16H,2,4,6,9-12,14H2,1H3,(H,24,25);2*(H,6,7)/t16-,19-;;/m0../s1. The first-order valence-corrected chi connectivity index (χ1v) is 11.7. The summed E-state index contributed by atoms with van der Waals surface area (Å²) in [7, 11) is 2.00. The van der Waals surface area contributed by atoms with Crippen molar-refractivity contribution in [2.75, 3.05) is 26.2 Å². The summed E-state index contributed by atoms with van der Waals surface area (Å²) in [5.41, 5.74) is 0.465. The van der Waals surface area contributed by atoms with Crippen LogP contribution in [0.1, 0.15) is 24.2 Å². The van der Waals surface area contributed by atoms with Gasteiger partial charge in [-0.2, -0.15) is 26.3 Å². The highest BCUT2D eigenvalue weighted by Crippen LogP contribution is 2.43. The molecule has 17 heteroatoms. The lowest BCUT2D eigenvalue weighted by Gasteiger charge is -2.29. The van der Waals surface area contributed by atoms with Crippen molar-refractivity contribution in [1.29, 1.82) is 0 Å². The molecular weight excluding hydrogens is 558 g/mol. The van der Waals surface area contributed by atoms with E-state index in [1.165, 1.54) is 0 Å². The topological polar surface area (TPSA) is 149 Å². The number of halogens is 6. The molecule has 2 fully saturated rings. The number of furan rings is 1. The number of carboxylic acids is 3. The van der Waals surface area contributed by atoms with Gasteiger partial charge < -0.3 is 24.3 Å². The molecule has 0 aromatic carbocycles. The number of imidazole rings is 1. The fourth-order valence-corrected chi connectivity index (χ4v) is 4.62. The molecule has 2 saturated heterocycles. The van der Waals surface area contributed by atoms with Crippen LogP contribution in [0.3, 0.4) is 0 Å². The highest BCUT2D eigenvalue weighted by molar-refractivity contribution is 5.76. The van der Waals surface area contributed by atoms with Crippen LogP contribution in [-0.4, -0.2) is 91.1 Å². The number of hydrogen-bond donors (Lipinski definition) is 3. The monoisotopic (exact) mass is 586 g/mol. The van der Waals surface area contributed by atoms with E-state index in [-0.39, 0.29) is 5.92 Å². The summed E-state index contributed by atoms with van der Waals surface area (Å²) in [6.45, 7) is 4.70. The minimum atomic E-state index is -5.08. The Labute approximate surface area is 223 Å². The van der Waals surface area contributed by atoms with Crippen molar-refractivity contribution in [3.05, 3.63) is 42.4 Å². The first-order chi connectivity index (χ1) is 18.5. The SMILES string of the molecule is Cn1ccnc1CN1CCC[C@]2(C(=O)O)CN(Cc3ccoc3)C[C@@H]2C1.O=C(O)C(F)(F)F.O=C(O)C(F)(F)F. The molecule has 0 radical (unpaired) electrons. The van der Waals surface area contributed by atoms with Crippen LogP contribution in [0, 0.1) is 11.3 Å². The number of carbonyl (C=O) groups is 3. The van der Waals surface area contributed by atoms with Crippen LogP contribution in [0.2, 0.25) is 0 Å². The highest BCUT2D eigenvalue weighted by Gasteiger charge is 2.53. The summed E-state index contributed by atoms with van der Waals surface area (Å²) in [5, 5.41) is 24.3. The van der Waals surface area contributed by atoms with Gasteiger partial charge in [0.1, 0.15) is 5.82 Å². The molecule has 0 spiro atoms. The number of likely N-dealkylation sites (tertiary alicyclic amines) is 2. The Balaban J connectivity index is 0.000000333. The third kappa shape index (κ3) is 8.97. The summed E-state index contributed by atoms with van der Waals surface area (Å²) in [5.74, 6) is -4.99. The van der Waals surface area contributed by atoms with Gasteiger partial charge in [-0.3, -0.25) is 14.6 Å². The molecule has 2 atom stereocenters. The summed E-state index contributed by atoms with van der Waals surface area (Å²) in [6.07, 6.45) is -1.33. The molecule has 0 saturated carbocycles. The minimum Gasteiger partial charge on any atom is -0.481 e. The second-order valence-corrected chi connectivity index (χ2v) is 9.36. The molecule has 2 aliphatic rings. The smallest absolute Gasteiger partial charge is 0.481 e. The predicted octanol–water partition coefficient (Wildman–Crippen LogP) is 3.08. The Morgan fingerprint density at radius 1 is 1.02 bits per heavy atom. The molecule has 0 bridgehead atoms. The molecule has 2 aromatic rings. The minimum absolute atomic E-state index is 0.134. The second-order valence-electron chi connectivity index (χ2n) is 9.36. The van der Waals surface area contributed by atoms with Crippen LogP contribution in [0.4, 0.5) is 26.3 Å². The number of rotatable bonds is 5. The van der Waals surface area contributed by atoms with Crippen LogP contribution >= 0.6 is 0 Å². The molecular formula is C23H28F6N4O7. The zero-order valence-corrected chi connectivity index (χ0v) is 21.2. The van der Waals surface area contributed by atoms with Gasteiger partial charge in [-0.25, -0.2) is 14.6 Å². The Morgan fingerprint density at radius 2 is 1.60 bits per heavy atom. The van der Waals surface area contributed by atoms with E-state index in [1.807, 2.05) is 30.1 Å². The Hall–Kier alpha value is -3.60. The molecule has 224 valence electrons. The summed E-state index contributed by atoms with van der Waals surface area (Å²) >= 11 is 0. The maximum Gasteiger partial charge on any atom is 0.490 e. The zero-order chi connectivity index (χ0) is 30.3. The largest absolute Gasteiger partial charge is 0.490 e. The van der Waals surface area contributed by atoms with Crippen LogP contribution in [0.15, 0.2) is 35.4 Å². The molecule has 2 aliphatic heterocycles. The number of aromatic nitrogens is 2. The lowest BCUT2D eigenvalue weighted by atomic mass is 9.75. The van der Waals surface area contributed by atoms with Crippen molar-refractivity contribution in [3.8, 4) is 0 Å². The highest BCUT2D eigenvalue weighted by atomic mass is 19.4. The Kier molecular flexibility index (Phi) is 10.7. The van der Waals surface area contributed by atoms with Crippen molar-refractivity contribution < 1.29 is 60.5 Å². The third-order valence-electron chi connectivity index (χ3n) is 6.52. The maximum absolute atomic E-state index is 12.3. The number of alkyl halides is 6. The number of aryl methyl sites for hydroxylation is 1. The van der Waals surface area contributed by atoms with Crippen molar-refractivity contribution in [2.24, 2.45) is 18.4 Å². The van der Waals surface area contributed by atoms with E-state index in [4.69, 9.17) is 24.2 Å². The zero-order valence-electron chi connectivity index (χ0n) is 21.2. The average Bonchev–Trinajstić information content (AvgIpc) is 3.53. The number of carboxylic acid groups (broad SMARTS) is 3. The third-order valence-corrected chi connectivity index (χ3v) is 6.52. The van der Waals surface area contributed by atoms with Gasteiger partial charge in [0.05, 0.1) is 24.5 Å². The van der Waals surface area contributed by atoms with Gasteiger partial charge in [-0.05, 0) is 25.5 Å². The van der Waals surface area contributed by atoms with Crippen molar-refractivity contribution in [2.45, 2.75) is 38.3 Å². The van der Waals surface area contributed by atoms with E-state index < -0.39 is 35.7 Å². The molecule has 4 rings (SSSR count). The van der Waals surface area contributed by atoms with E-state index >= 15 is 0 Å². The average molecular weight is 586 g/mol.